The number of benzene rings is 1. The van der Waals surface area contributed by atoms with Crippen molar-refractivity contribution in [2.24, 2.45) is 0 Å². The Balaban J connectivity index is 1.13. The summed E-state index contributed by atoms with van der Waals surface area (Å²) in [6.07, 6.45) is 1.60. The van der Waals surface area contributed by atoms with Gasteiger partial charge in [0.2, 0.25) is 0 Å². The van der Waals surface area contributed by atoms with Gasteiger partial charge in [-0.15, -0.1) is 0 Å². The van der Waals surface area contributed by atoms with Gasteiger partial charge in [-0.1, -0.05) is 5.16 Å². The number of nitrogens with one attached hydrogen (secondary N) is 1. The van der Waals surface area contributed by atoms with Crippen molar-refractivity contribution in [1.82, 2.24) is 30.1 Å². The van der Waals surface area contributed by atoms with Crippen LogP contribution in [-0.4, -0.2) is 102 Å². The lowest BCUT2D eigenvalue weighted by molar-refractivity contribution is -0.0257. The Morgan fingerprint density at radius 2 is 2.03 bits per heavy atom. The molecule has 1 N–H and O–H groups in total. The summed E-state index contributed by atoms with van der Waals surface area (Å²) in [5, 5.41) is 11.8. The van der Waals surface area contributed by atoms with Crippen LogP contribution in [0.3, 0.4) is 0 Å². The molecule has 0 aliphatic carbocycles. The summed E-state index contributed by atoms with van der Waals surface area (Å²) in [6.45, 7) is 5.30. The molecule has 11 nitrogen and oxygen atoms in total. The number of amides is 1. The Labute approximate surface area is 217 Å². The van der Waals surface area contributed by atoms with Gasteiger partial charge < -0.3 is 23.6 Å². The van der Waals surface area contributed by atoms with E-state index in [-0.39, 0.29) is 18.3 Å². The summed E-state index contributed by atoms with van der Waals surface area (Å²) in [5.41, 5.74) is 2.62. The minimum atomic E-state index is -0.515. The first-order chi connectivity index (χ1) is 18.6. The first-order valence-corrected chi connectivity index (χ1v) is 12.4. The molecule has 2 aliphatic rings. The number of carbonyl (C=O) groups is 1. The molecule has 198 valence electrons. The third-order valence-corrected chi connectivity index (χ3v) is 6.89. The first-order valence-electron chi connectivity index (χ1n) is 12.4. The van der Waals surface area contributed by atoms with Gasteiger partial charge in [0.15, 0.2) is 17.3 Å². The molecule has 1 aromatic carbocycles. The molecule has 4 aromatic rings. The van der Waals surface area contributed by atoms with Gasteiger partial charge in [-0.2, -0.15) is 5.10 Å². The lowest BCUT2D eigenvalue weighted by Crippen LogP contribution is -2.62. The third kappa shape index (κ3) is 4.73. The van der Waals surface area contributed by atoms with Crippen molar-refractivity contribution < 1.29 is 27.9 Å². The van der Waals surface area contributed by atoms with Crippen LogP contribution in [0.15, 0.2) is 41.1 Å². The molecule has 0 spiro atoms. The van der Waals surface area contributed by atoms with E-state index in [1.165, 1.54) is 6.07 Å². The molecule has 38 heavy (non-hydrogen) atoms. The average Bonchev–Trinajstić information content (AvgIpc) is 3.56. The van der Waals surface area contributed by atoms with Crippen LogP contribution in [0.25, 0.3) is 33.6 Å². The predicted molar refractivity (Wildman–Crippen MR) is 134 cm³/mol. The lowest BCUT2D eigenvalue weighted by atomic mass is 10.1. The summed E-state index contributed by atoms with van der Waals surface area (Å²) in [5.74, 6) is -0.122. The Morgan fingerprint density at radius 3 is 2.79 bits per heavy atom. The summed E-state index contributed by atoms with van der Waals surface area (Å²) < 4.78 is 35.9. The smallest absolute Gasteiger partial charge is 0.272 e. The minimum absolute atomic E-state index is 0.0857. The SMILES string of the molecule is COCCOc1cc2[nH]nc(-c3cc(-c4ccc(C(=O)N5CC(N6CCOCC6)C5)nc4)no3)c2cc1F. The minimum Gasteiger partial charge on any atom is -0.488 e. The number of carbonyl (C=O) groups excluding carboxylic acids is 1. The van der Waals surface area contributed by atoms with Crippen molar-refractivity contribution in [3.63, 3.8) is 0 Å². The number of morpholine rings is 1. The van der Waals surface area contributed by atoms with E-state index in [1.54, 1.807) is 37.6 Å². The number of ether oxygens (including phenoxy) is 3. The first kappa shape index (κ1) is 24.5. The van der Waals surface area contributed by atoms with Gasteiger partial charge in [0, 0.05) is 68.6 Å². The zero-order valence-electron chi connectivity index (χ0n) is 20.9. The number of fused-ring (bicyclic) bond motifs is 1. The molecule has 0 atom stereocenters. The maximum atomic E-state index is 14.6. The van der Waals surface area contributed by atoms with Crippen molar-refractivity contribution in [1.29, 1.82) is 0 Å². The van der Waals surface area contributed by atoms with Gasteiger partial charge >= 0.3 is 0 Å². The van der Waals surface area contributed by atoms with Crippen molar-refractivity contribution in [2.45, 2.75) is 6.04 Å². The van der Waals surface area contributed by atoms with Crippen LogP contribution in [0.5, 0.6) is 5.75 Å². The van der Waals surface area contributed by atoms with Gasteiger partial charge in [-0.05, 0) is 18.2 Å². The maximum absolute atomic E-state index is 14.6. The van der Waals surface area contributed by atoms with Crippen molar-refractivity contribution in [3.8, 4) is 28.5 Å². The zero-order valence-corrected chi connectivity index (χ0v) is 20.9. The molecule has 6 rings (SSSR count). The molecule has 3 aromatic heterocycles. The van der Waals surface area contributed by atoms with Crippen molar-refractivity contribution in [2.75, 3.05) is 59.7 Å². The Morgan fingerprint density at radius 1 is 1.18 bits per heavy atom. The number of nitrogens with zero attached hydrogens (tertiary/aromatic N) is 5. The highest BCUT2D eigenvalue weighted by molar-refractivity contribution is 5.94. The van der Waals surface area contributed by atoms with E-state index in [0.29, 0.717) is 65.0 Å². The fourth-order valence-corrected chi connectivity index (χ4v) is 4.70. The van der Waals surface area contributed by atoms with Crippen LogP contribution in [0.1, 0.15) is 10.5 Å². The largest absolute Gasteiger partial charge is 0.488 e. The molecule has 0 bridgehead atoms. The number of pyridine rings is 1. The lowest BCUT2D eigenvalue weighted by Gasteiger charge is -2.46. The predicted octanol–water partition coefficient (Wildman–Crippen LogP) is 2.60. The fourth-order valence-electron chi connectivity index (χ4n) is 4.70. The fraction of sp³-hybridized carbons (Fsp3) is 0.385. The van der Waals surface area contributed by atoms with Crippen LogP contribution in [0.2, 0.25) is 0 Å². The monoisotopic (exact) mass is 522 g/mol. The van der Waals surface area contributed by atoms with E-state index in [4.69, 9.17) is 18.7 Å². The second-order valence-corrected chi connectivity index (χ2v) is 9.26. The molecular formula is C26H27FN6O5. The highest BCUT2D eigenvalue weighted by atomic mass is 19.1. The summed E-state index contributed by atoms with van der Waals surface area (Å²) in [7, 11) is 1.55. The summed E-state index contributed by atoms with van der Waals surface area (Å²) >= 11 is 0. The van der Waals surface area contributed by atoms with E-state index in [0.717, 1.165) is 26.3 Å². The number of H-pyrrole nitrogens is 1. The number of methoxy groups -OCH3 is 1. The molecule has 12 heteroatoms. The number of likely N-dealkylation sites (tertiary alicyclic amines) is 1. The number of rotatable bonds is 8. The van der Waals surface area contributed by atoms with Crippen LogP contribution >= 0.6 is 0 Å². The number of hydrogen-bond acceptors (Lipinski definition) is 9. The second kappa shape index (κ2) is 10.5. The molecular weight excluding hydrogens is 495 g/mol. The van der Waals surface area contributed by atoms with Crippen LogP contribution in [0, 0.1) is 5.82 Å². The third-order valence-electron chi connectivity index (χ3n) is 6.89. The van der Waals surface area contributed by atoms with Crippen LogP contribution in [0.4, 0.5) is 4.39 Å². The molecule has 1 amide bonds. The number of aromatic nitrogens is 4. The topological polar surface area (TPSA) is 119 Å². The average molecular weight is 523 g/mol. The van der Waals surface area contributed by atoms with Gasteiger partial charge in [0.25, 0.3) is 5.91 Å². The van der Waals surface area contributed by atoms with Gasteiger partial charge in [0.1, 0.15) is 23.7 Å². The zero-order chi connectivity index (χ0) is 26.1. The van der Waals surface area contributed by atoms with E-state index in [9.17, 15) is 9.18 Å². The summed E-state index contributed by atoms with van der Waals surface area (Å²) in [4.78, 5) is 21.4. The van der Waals surface area contributed by atoms with Gasteiger partial charge in [0.05, 0.1) is 25.3 Å². The Bertz CT molecular complexity index is 1430. The summed E-state index contributed by atoms with van der Waals surface area (Å²) in [6, 6.07) is 8.47. The van der Waals surface area contributed by atoms with E-state index in [2.05, 4.69) is 25.2 Å². The molecule has 2 aliphatic heterocycles. The molecule has 0 radical (unpaired) electrons. The molecule has 5 heterocycles. The highest BCUT2D eigenvalue weighted by Gasteiger charge is 2.36. The number of halogens is 1. The van der Waals surface area contributed by atoms with Crippen molar-refractivity contribution >= 4 is 16.8 Å². The molecule has 0 unspecified atom stereocenters. The molecule has 2 fully saturated rings. The molecule has 0 saturated carbocycles. The van der Waals surface area contributed by atoms with Crippen LogP contribution in [-0.2, 0) is 9.47 Å². The van der Waals surface area contributed by atoms with Gasteiger partial charge in [-0.3, -0.25) is 19.8 Å². The number of hydrogen-bond donors (Lipinski definition) is 1. The van der Waals surface area contributed by atoms with Crippen LogP contribution < -0.4 is 4.74 Å². The Kier molecular flexibility index (Phi) is 6.75. The van der Waals surface area contributed by atoms with Crippen molar-refractivity contribution in [3.05, 3.63) is 48.0 Å². The quantitative estimate of drug-likeness (QED) is 0.348. The molecule has 2 saturated heterocycles. The normalized spacial score (nSPS) is 16.6. The van der Waals surface area contributed by atoms with Gasteiger partial charge in [-0.25, -0.2) is 4.39 Å². The van der Waals surface area contributed by atoms with E-state index >= 15 is 0 Å². The van der Waals surface area contributed by atoms with E-state index in [1.807, 2.05) is 4.90 Å². The Hall–Kier alpha value is -3.87. The number of aromatic amines is 1. The van der Waals surface area contributed by atoms with E-state index < -0.39 is 5.82 Å². The maximum Gasteiger partial charge on any atom is 0.272 e. The second-order valence-electron chi connectivity index (χ2n) is 9.26. The highest BCUT2D eigenvalue weighted by Crippen LogP contribution is 2.33. The standard InChI is InChI=1S/C26H27FN6O5/c1-35-8-9-37-23-12-22-18(10-19(23)27)25(30-29-22)24-11-21(31-38-24)16-2-3-20(28-13-16)26(34)33-14-17(15-33)32-4-6-36-7-5-32/h2-3,10-13,17H,4-9,14-15H2,1H3,(H,29,30).